The zero-order valence-electron chi connectivity index (χ0n) is 15.5. The Bertz CT molecular complexity index is 504. The molecule has 0 aromatic heterocycles. The monoisotopic (exact) mass is 318 g/mol. The van der Waals surface area contributed by atoms with E-state index in [1.807, 2.05) is 19.8 Å². The fourth-order valence-corrected chi connectivity index (χ4v) is 7.02. The van der Waals surface area contributed by atoms with Crippen LogP contribution in [0.15, 0.2) is 11.1 Å². The maximum atomic E-state index is 5.78. The van der Waals surface area contributed by atoms with Gasteiger partial charge in [0, 0.05) is 27.1 Å². The van der Waals surface area contributed by atoms with Crippen molar-refractivity contribution in [3.05, 3.63) is 11.1 Å². The number of fused-ring (bicyclic) bond motifs is 4. The van der Waals surface area contributed by atoms with Gasteiger partial charge in [-0.25, -0.2) is 0 Å². The summed E-state index contributed by atoms with van der Waals surface area (Å²) < 4.78 is 11.6. The van der Waals surface area contributed by atoms with E-state index in [0.29, 0.717) is 5.41 Å². The van der Waals surface area contributed by atoms with Crippen molar-refractivity contribution in [2.24, 2.45) is 29.1 Å². The van der Waals surface area contributed by atoms with E-state index < -0.39 is 0 Å². The van der Waals surface area contributed by atoms with Crippen LogP contribution in [0.2, 0.25) is 0 Å². The SMILES string of the molecule is COC1(OC)CCC2=C(C[C@@H](C)[C@@H]3[C@@H]2CC[C@]2(C)CCC[C@@H]32)C1. The van der Waals surface area contributed by atoms with Crippen molar-refractivity contribution in [3.63, 3.8) is 0 Å². The summed E-state index contributed by atoms with van der Waals surface area (Å²) in [6, 6.07) is 0. The van der Waals surface area contributed by atoms with Crippen LogP contribution in [0, 0.1) is 29.1 Å². The van der Waals surface area contributed by atoms with Gasteiger partial charge < -0.3 is 9.47 Å². The molecule has 2 fully saturated rings. The molecule has 4 aliphatic rings. The lowest BCUT2D eigenvalue weighted by Crippen LogP contribution is -2.47. The van der Waals surface area contributed by atoms with E-state index in [9.17, 15) is 0 Å². The van der Waals surface area contributed by atoms with Crippen LogP contribution in [0.5, 0.6) is 0 Å². The lowest BCUT2D eigenvalue weighted by molar-refractivity contribution is -0.213. The van der Waals surface area contributed by atoms with Gasteiger partial charge in [0.05, 0.1) is 0 Å². The molecule has 0 spiro atoms. The summed E-state index contributed by atoms with van der Waals surface area (Å²) >= 11 is 0. The third-order valence-corrected chi connectivity index (χ3v) is 8.24. The molecule has 2 nitrogen and oxygen atoms in total. The van der Waals surface area contributed by atoms with Crippen molar-refractivity contribution in [2.75, 3.05) is 14.2 Å². The summed E-state index contributed by atoms with van der Waals surface area (Å²) in [7, 11) is 3.63. The first-order valence-electron chi connectivity index (χ1n) is 9.83. The van der Waals surface area contributed by atoms with Crippen LogP contribution in [0.25, 0.3) is 0 Å². The molecule has 23 heavy (non-hydrogen) atoms. The van der Waals surface area contributed by atoms with Gasteiger partial charge in [0.25, 0.3) is 0 Å². The van der Waals surface area contributed by atoms with Crippen LogP contribution in [0.3, 0.4) is 0 Å². The Kier molecular flexibility index (Phi) is 3.93. The van der Waals surface area contributed by atoms with Crippen LogP contribution >= 0.6 is 0 Å². The Hall–Kier alpha value is -0.340. The number of hydrogen-bond acceptors (Lipinski definition) is 2. The maximum absolute atomic E-state index is 5.78. The number of allylic oxidation sites excluding steroid dienone is 1. The number of hydrogen-bond donors (Lipinski definition) is 0. The van der Waals surface area contributed by atoms with Gasteiger partial charge in [-0.2, -0.15) is 0 Å². The van der Waals surface area contributed by atoms with Gasteiger partial charge in [-0.1, -0.05) is 31.4 Å². The van der Waals surface area contributed by atoms with Gasteiger partial charge >= 0.3 is 0 Å². The van der Waals surface area contributed by atoms with Crippen molar-refractivity contribution >= 4 is 0 Å². The molecular weight excluding hydrogens is 284 g/mol. The van der Waals surface area contributed by atoms with Gasteiger partial charge in [-0.15, -0.1) is 0 Å². The first-order valence-corrected chi connectivity index (χ1v) is 9.83. The second-order valence-electron chi connectivity index (χ2n) is 9.18. The van der Waals surface area contributed by atoms with Gasteiger partial charge in [0.15, 0.2) is 5.79 Å². The highest BCUT2D eigenvalue weighted by atomic mass is 16.7. The van der Waals surface area contributed by atoms with Crippen LogP contribution in [-0.2, 0) is 9.47 Å². The van der Waals surface area contributed by atoms with Gasteiger partial charge in [-0.3, -0.25) is 0 Å². The second kappa shape index (κ2) is 5.59. The number of rotatable bonds is 2. The number of ether oxygens (including phenoxy) is 2. The molecule has 2 saturated carbocycles. The fraction of sp³-hybridized carbons (Fsp3) is 0.905. The molecule has 0 aliphatic heterocycles. The van der Waals surface area contributed by atoms with Crippen LogP contribution < -0.4 is 0 Å². The van der Waals surface area contributed by atoms with Crippen LogP contribution in [0.1, 0.15) is 71.6 Å². The molecule has 0 aromatic rings. The molecule has 0 unspecified atom stereocenters. The van der Waals surface area contributed by atoms with Gasteiger partial charge in [0.2, 0.25) is 0 Å². The maximum Gasteiger partial charge on any atom is 0.171 e. The normalized spacial score (nSPS) is 45.4. The van der Waals surface area contributed by atoms with E-state index in [1.54, 1.807) is 5.57 Å². The smallest absolute Gasteiger partial charge is 0.171 e. The highest BCUT2D eigenvalue weighted by molar-refractivity contribution is 5.28. The molecule has 0 saturated heterocycles. The summed E-state index contributed by atoms with van der Waals surface area (Å²) in [5, 5.41) is 0. The molecule has 0 aromatic carbocycles. The van der Waals surface area contributed by atoms with Crippen LogP contribution in [-0.4, -0.2) is 20.0 Å². The lowest BCUT2D eigenvalue weighted by Gasteiger charge is -2.54. The minimum atomic E-state index is -0.345. The highest BCUT2D eigenvalue weighted by Gasteiger charge is 2.53. The Balaban J connectivity index is 1.65. The highest BCUT2D eigenvalue weighted by Crippen LogP contribution is 2.62. The van der Waals surface area contributed by atoms with Crippen LogP contribution in [0.4, 0.5) is 0 Å². The third-order valence-electron chi connectivity index (χ3n) is 8.24. The third kappa shape index (κ3) is 2.35. The summed E-state index contributed by atoms with van der Waals surface area (Å²) in [6.07, 6.45) is 11.9. The first-order chi connectivity index (χ1) is 11.0. The quantitative estimate of drug-likeness (QED) is 0.506. The largest absolute Gasteiger partial charge is 0.353 e. The Morgan fingerprint density at radius 1 is 1.04 bits per heavy atom. The Morgan fingerprint density at radius 2 is 1.83 bits per heavy atom. The van der Waals surface area contributed by atoms with E-state index in [0.717, 1.165) is 36.5 Å². The van der Waals surface area contributed by atoms with Gasteiger partial charge in [-0.05, 0) is 67.6 Å². The first kappa shape index (κ1) is 16.1. The van der Waals surface area contributed by atoms with Crippen molar-refractivity contribution < 1.29 is 9.47 Å². The van der Waals surface area contributed by atoms with E-state index in [4.69, 9.17) is 9.47 Å². The van der Waals surface area contributed by atoms with Gasteiger partial charge in [0.1, 0.15) is 0 Å². The average Bonchev–Trinajstić information content (AvgIpc) is 2.95. The van der Waals surface area contributed by atoms with E-state index >= 15 is 0 Å². The lowest BCUT2D eigenvalue weighted by atomic mass is 9.52. The Labute approximate surface area is 142 Å². The van der Waals surface area contributed by atoms with E-state index in [-0.39, 0.29) is 5.79 Å². The predicted molar refractivity (Wildman–Crippen MR) is 93.1 cm³/mol. The number of methoxy groups -OCH3 is 2. The fourth-order valence-electron chi connectivity index (χ4n) is 7.02. The molecule has 0 amide bonds. The van der Waals surface area contributed by atoms with E-state index in [2.05, 4.69) is 13.8 Å². The van der Waals surface area contributed by atoms with Crippen molar-refractivity contribution in [3.8, 4) is 0 Å². The van der Waals surface area contributed by atoms with E-state index in [1.165, 1.54) is 44.9 Å². The molecule has 130 valence electrons. The molecule has 2 heteroatoms. The molecule has 0 heterocycles. The molecule has 4 aliphatic carbocycles. The molecular formula is C21H34O2. The predicted octanol–water partition coefficient (Wildman–Crippen LogP) is 5.33. The van der Waals surface area contributed by atoms with Crippen molar-refractivity contribution in [2.45, 2.75) is 77.4 Å². The molecule has 0 bridgehead atoms. The van der Waals surface area contributed by atoms with Crippen molar-refractivity contribution in [1.29, 1.82) is 0 Å². The second-order valence-corrected chi connectivity index (χ2v) is 9.18. The molecule has 4 rings (SSSR count). The zero-order valence-corrected chi connectivity index (χ0v) is 15.5. The standard InChI is InChI=1S/C21H34O2/c1-14-12-15-13-21(22-3,23-4)11-8-16(15)17-7-10-20(2)9-5-6-18(20)19(14)17/h14,17-19H,5-13H2,1-4H3/t14-,17-,18+,19-,20+/m1/s1. The molecule has 0 N–H and O–H groups in total. The minimum absolute atomic E-state index is 0.345. The Morgan fingerprint density at radius 3 is 2.57 bits per heavy atom. The molecule has 5 atom stereocenters. The topological polar surface area (TPSA) is 18.5 Å². The van der Waals surface area contributed by atoms with Crippen molar-refractivity contribution in [1.82, 2.24) is 0 Å². The summed E-state index contributed by atoms with van der Waals surface area (Å²) in [5.74, 6) is 3.30. The molecule has 0 radical (unpaired) electrons. The minimum Gasteiger partial charge on any atom is -0.353 e. The zero-order chi connectivity index (χ0) is 16.2. The summed E-state index contributed by atoms with van der Waals surface area (Å²) in [6.45, 7) is 5.13. The summed E-state index contributed by atoms with van der Waals surface area (Å²) in [5.41, 5.74) is 4.17. The average molecular weight is 319 g/mol. The summed E-state index contributed by atoms with van der Waals surface area (Å²) in [4.78, 5) is 0.